The van der Waals surface area contributed by atoms with Crippen LogP contribution in [0.1, 0.15) is 29.8 Å². The summed E-state index contributed by atoms with van der Waals surface area (Å²) < 4.78 is 0. The first-order chi connectivity index (χ1) is 6.22. The normalized spacial score (nSPS) is 8.77. The van der Waals surface area contributed by atoms with Crippen LogP contribution >= 0.6 is 0 Å². The van der Waals surface area contributed by atoms with Crippen molar-refractivity contribution in [3.05, 3.63) is 46.7 Å². The Kier molecular flexibility index (Phi) is 3.24. The monoisotopic (exact) mass is 172 g/mol. The van der Waals surface area contributed by atoms with E-state index in [0.717, 1.165) is 17.4 Å². The van der Waals surface area contributed by atoms with Crippen molar-refractivity contribution < 1.29 is 4.79 Å². The van der Waals surface area contributed by atoms with Gasteiger partial charge < -0.3 is 0 Å². The topological polar surface area (TPSA) is 17.1 Å². The van der Waals surface area contributed by atoms with Crippen molar-refractivity contribution in [2.24, 2.45) is 0 Å². The van der Waals surface area contributed by atoms with Crippen molar-refractivity contribution in [1.82, 2.24) is 0 Å². The molecule has 0 N–H and O–H groups in total. The fourth-order valence-electron chi connectivity index (χ4n) is 0.898. The zero-order chi connectivity index (χ0) is 9.68. The Morgan fingerprint density at radius 2 is 1.69 bits per heavy atom. The molecule has 0 bridgehead atoms. The molecule has 0 aliphatic heterocycles. The first-order valence-corrected chi connectivity index (χ1v) is 4.17. The Bertz CT molecular complexity index is 347. The second-order valence-corrected chi connectivity index (χ2v) is 3.07. The van der Waals surface area contributed by atoms with Crippen molar-refractivity contribution in [3.63, 3.8) is 0 Å². The zero-order valence-corrected chi connectivity index (χ0v) is 7.87. The van der Waals surface area contributed by atoms with Crippen LogP contribution in [0.4, 0.5) is 0 Å². The molecular formula is C12H12O. The van der Waals surface area contributed by atoms with Crippen LogP contribution in [0.5, 0.6) is 0 Å². The number of hydrogen-bond donors (Lipinski definition) is 0. The van der Waals surface area contributed by atoms with E-state index in [4.69, 9.17) is 0 Å². The molecule has 1 aromatic rings. The summed E-state index contributed by atoms with van der Waals surface area (Å²) in [6.07, 6.45) is 2.75. The summed E-state index contributed by atoms with van der Waals surface area (Å²) in [6, 6.07) is 7.40. The highest BCUT2D eigenvalue weighted by molar-refractivity contribution is 5.75. The van der Waals surface area contributed by atoms with Crippen LogP contribution in [0.15, 0.2) is 35.6 Å². The number of carbonyl (C=O) groups is 1. The standard InChI is InChI=1S/C12H12O/c1-10(2)3-4-11-5-7-12(9-13)8-6-11/h4-9H,1-2H3. The van der Waals surface area contributed by atoms with Crippen molar-refractivity contribution in [2.75, 3.05) is 0 Å². The second-order valence-electron chi connectivity index (χ2n) is 3.07. The lowest BCUT2D eigenvalue weighted by atomic mass is 10.1. The van der Waals surface area contributed by atoms with E-state index in [0.29, 0.717) is 5.56 Å². The number of aldehydes is 1. The molecule has 0 aliphatic carbocycles. The number of carbonyl (C=O) groups excluding carboxylic acids is 1. The predicted molar refractivity (Wildman–Crippen MR) is 54.7 cm³/mol. The van der Waals surface area contributed by atoms with Gasteiger partial charge in [0.15, 0.2) is 0 Å². The Morgan fingerprint density at radius 3 is 2.15 bits per heavy atom. The largest absolute Gasteiger partial charge is 0.298 e. The fourth-order valence-corrected chi connectivity index (χ4v) is 0.898. The van der Waals surface area contributed by atoms with Gasteiger partial charge in [0.05, 0.1) is 0 Å². The number of rotatable bonds is 2. The highest BCUT2D eigenvalue weighted by Gasteiger charge is 1.88. The minimum Gasteiger partial charge on any atom is -0.298 e. The van der Waals surface area contributed by atoms with Gasteiger partial charge in [-0.15, -0.1) is 5.73 Å². The summed E-state index contributed by atoms with van der Waals surface area (Å²) in [4.78, 5) is 10.4. The van der Waals surface area contributed by atoms with Crippen LogP contribution in [-0.2, 0) is 0 Å². The molecule has 0 saturated heterocycles. The summed E-state index contributed by atoms with van der Waals surface area (Å²) in [7, 11) is 0. The summed E-state index contributed by atoms with van der Waals surface area (Å²) in [5, 5.41) is 0. The van der Waals surface area contributed by atoms with Crippen LogP contribution < -0.4 is 0 Å². The van der Waals surface area contributed by atoms with Gasteiger partial charge in [0.25, 0.3) is 0 Å². The lowest BCUT2D eigenvalue weighted by molar-refractivity contribution is 0.112. The lowest BCUT2D eigenvalue weighted by Crippen LogP contribution is -1.78. The van der Waals surface area contributed by atoms with Gasteiger partial charge in [-0.3, -0.25) is 4.79 Å². The van der Waals surface area contributed by atoms with E-state index < -0.39 is 0 Å². The number of allylic oxidation sites excluding steroid dienone is 1. The van der Waals surface area contributed by atoms with Gasteiger partial charge in [0.1, 0.15) is 6.29 Å². The molecule has 0 amide bonds. The third kappa shape index (κ3) is 3.10. The molecule has 66 valence electrons. The van der Waals surface area contributed by atoms with Crippen molar-refractivity contribution in [2.45, 2.75) is 13.8 Å². The Balaban J connectivity index is 2.93. The van der Waals surface area contributed by atoms with E-state index in [1.165, 1.54) is 0 Å². The first-order valence-electron chi connectivity index (χ1n) is 4.17. The van der Waals surface area contributed by atoms with Crippen LogP contribution in [0.25, 0.3) is 6.08 Å². The molecule has 0 spiro atoms. The Labute approximate surface area is 78.4 Å². The van der Waals surface area contributed by atoms with Gasteiger partial charge in [0.2, 0.25) is 0 Å². The van der Waals surface area contributed by atoms with E-state index in [1.807, 2.05) is 32.1 Å². The highest BCUT2D eigenvalue weighted by atomic mass is 16.1. The quantitative estimate of drug-likeness (QED) is 0.495. The first kappa shape index (κ1) is 9.50. The van der Waals surface area contributed by atoms with Gasteiger partial charge in [-0.2, -0.15) is 0 Å². The van der Waals surface area contributed by atoms with E-state index in [9.17, 15) is 4.79 Å². The average Bonchev–Trinajstić information content (AvgIpc) is 2.15. The van der Waals surface area contributed by atoms with E-state index in [1.54, 1.807) is 12.1 Å². The second kappa shape index (κ2) is 4.44. The summed E-state index contributed by atoms with van der Waals surface area (Å²) in [5.74, 6) is 0. The molecule has 0 atom stereocenters. The maximum atomic E-state index is 10.4. The third-order valence-corrected chi connectivity index (χ3v) is 1.60. The molecule has 0 saturated carbocycles. The Morgan fingerprint density at radius 1 is 1.15 bits per heavy atom. The van der Waals surface area contributed by atoms with Crippen LogP contribution in [0.3, 0.4) is 0 Å². The van der Waals surface area contributed by atoms with Crippen molar-refractivity contribution in [3.8, 4) is 0 Å². The smallest absolute Gasteiger partial charge is 0.150 e. The molecule has 1 heteroatoms. The molecule has 0 radical (unpaired) electrons. The van der Waals surface area contributed by atoms with Crippen LogP contribution in [-0.4, -0.2) is 6.29 Å². The summed E-state index contributed by atoms with van der Waals surface area (Å²) >= 11 is 0. The fraction of sp³-hybridized carbons (Fsp3) is 0.167. The molecule has 0 fully saturated rings. The maximum absolute atomic E-state index is 10.4. The van der Waals surface area contributed by atoms with E-state index in [2.05, 4.69) is 5.73 Å². The highest BCUT2D eigenvalue weighted by Crippen LogP contribution is 2.04. The van der Waals surface area contributed by atoms with Gasteiger partial charge >= 0.3 is 0 Å². The third-order valence-electron chi connectivity index (χ3n) is 1.60. The molecule has 1 aromatic carbocycles. The van der Waals surface area contributed by atoms with Gasteiger partial charge in [-0.1, -0.05) is 24.3 Å². The predicted octanol–water partition coefficient (Wildman–Crippen LogP) is 3.08. The number of benzene rings is 1. The van der Waals surface area contributed by atoms with Gasteiger partial charge in [0, 0.05) is 5.56 Å². The maximum Gasteiger partial charge on any atom is 0.150 e. The van der Waals surface area contributed by atoms with E-state index >= 15 is 0 Å². The molecule has 13 heavy (non-hydrogen) atoms. The Hall–Kier alpha value is -1.59. The average molecular weight is 172 g/mol. The van der Waals surface area contributed by atoms with Crippen LogP contribution in [0, 0.1) is 0 Å². The SMILES string of the molecule is CC(C)=C=Cc1ccc(C=O)cc1. The lowest BCUT2D eigenvalue weighted by Gasteiger charge is -1.91. The zero-order valence-electron chi connectivity index (χ0n) is 7.87. The van der Waals surface area contributed by atoms with Gasteiger partial charge in [-0.05, 0) is 31.1 Å². The minimum atomic E-state index is 0.703. The minimum absolute atomic E-state index is 0.703. The molecule has 0 heterocycles. The number of hydrogen-bond acceptors (Lipinski definition) is 1. The van der Waals surface area contributed by atoms with Crippen LogP contribution in [0.2, 0.25) is 0 Å². The summed E-state index contributed by atoms with van der Waals surface area (Å²) in [5.41, 5.74) is 6.01. The van der Waals surface area contributed by atoms with E-state index in [-0.39, 0.29) is 0 Å². The molecule has 0 aliphatic rings. The van der Waals surface area contributed by atoms with Gasteiger partial charge in [-0.25, -0.2) is 0 Å². The van der Waals surface area contributed by atoms with Crippen molar-refractivity contribution >= 4 is 12.4 Å². The summed E-state index contributed by atoms with van der Waals surface area (Å²) in [6.45, 7) is 3.99. The molecule has 1 rings (SSSR count). The molecule has 0 aromatic heterocycles. The molecular weight excluding hydrogens is 160 g/mol. The molecule has 0 unspecified atom stereocenters. The van der Waals surface area contributed by atoms with Crippen molar-refractivity contribution in [1.29, 1.82) is 0 Å². The molecule has 1 nitrogen and oxygen atoms in total.